The third-order valence-corrected chi connectivity index (χ3v) is 14.9. The van der Waals surface area contributed by atoms with Crippen molar-refractivity contribution in [2.75, 3.05) is 9.80 Å². The molecule has 0 heterocycles. The smallest absolute Gasteiger partial charge is 0.0543 e. The van der Waals surface area contributed by atoms with Crippen molar-refractivity contribution in [2.45, 2.75) is 95.8 Å². The molecule has 322 valence electrons. The molecule has 0 aliphatic heterocycles. The van der Waals surface area contributed by atoms with E-state index in [9.17, 15) is 0 Å². The van der Waals surface area contributed by atoms with E-state index in [-0.39, 0.29) is 5.41 Å². The van der Waals surface area contributed by atoms with Gasteiger partial charge >= 0.3 is 0 Å². The summed E-state index contributed by atoms with van der Waals surface area (Å²) in [5.74, 6) is 0.636. The van der Waals surface area contributed by atoms with Gasteiger partial charge in [-0.15, -0.1) is 0 Å². The van der Waals surface area contributed by atoms with Crippen LogP contribution in [-0.2, 0) is 31.1 Å². The largest absolute Gasteiger partial charge is 0.310 e. The summed E-state index contributed by atoms with van der Waals surface area (Å²) < 4.78 is 0. The minimum Gasteiger partial charge on any atom is -0.310 e. The topological polar surface area (TPSA) is 6.48 Å². The van der Waals surface area contributed by atoms with Crippen molar-refractivity contribution in [1.29, 1.82) is 0 Å². The van der Waals surface area contributed by atoms with E-state index in [1.54, 1.807) is 0 Å². The maximum atomic E-state index is 2.65. The molecule has 0 unspecified atom stereocenters. The van der Waals surface area contributed by atoms with Crippen molar-refractivity contribution in [1.82, 2.24) is 0 Å². The van der Waals surface area contributed by atoms with Crippen LogP contribution in [0.2, 0.25) is 0 Å². The molecule has 14 rings (SSSR count). The van der Waals surface area contributed by atoms with Crippen molar-refractivity contribution in [2.24, 2.45) is 0 Å². The van der Waals surface area contributed by atoms with E-state index in [0.29, 0.717) is 5.92 Å². The van der Waals surface area contributed by atoms with Gasteiger partial charge in [0, 0.05) is 39.4 Å². The van der Waals surface area contributed by atoms with Crippen LogP contribution in [-0.4, -0.2) is 0 Å². The van der Waals surface area contributed by atoms with Crippen LogP contribution in [0.25, 0.3) is 22.3 Å². The highest BCUT2D eigenvalue weighted by atomic mass is 15.2. The van der Waals surface area contributed by atoms with Gasteiger partial charge in [-0.1, -0.05) is 173 Å². The Labute approximate surface area is 387 Å². The summed E-state index contributed by atoms with van der Waals surface area (Å²) in [7, 11) is 0. The first kappa shape index (κ1) is 41.1. The van der Waals surface area contributed by atoms with Gasteiger partial charge in [-0.3, -0.25) is 0 Å². The first-order valence-electron chi connectivity index (χ1n) is 24.4. The van der Waals surface area contributed by atoms with Crippen LogP contribution in [0.15, 0.2) is 188 Å². The molecule has 8 aromatic carbocycles. The zero-order valence-electron chi connectivity index (χ0n) is 38.1. The number of nitrogens with zero attached hydrogens (tertiary/aromatic N) is 2. The van der Waals surface area contributed by atoms with Crippen LogP contribution in [0.5, 0.6) is 0 Å². The maximum Gasteiger partial charge on any atom is 0.0543 e. The maximum absolute atomic E-state index is 2.65. The fourth-order valence-electron chi connectivity index (χ4n) is 11.4. The molecular weight excluding hydrogens is 785 g/mol. The number of hydrogen-bond acceptors (Lipinski definition) is 2. The molecule has 0 spiro atoms. The Bertz CT molecular complexity index is 2880. The lowest BCUT2D eigenvalue weighted by Gasteiger charge is -2.33. The van der Waals surface area contributed by atoms with Crippen molar-refractivity contribution in [3.8, 4) is 22.3 Å². The van der Waals surface area contributed by atoms with Crippen molar-refractivity contribution in [3.05, 3.63) is 227 Å². The predicted octanol–water partition coefficient (Wildman–Crippen LogP) is 17.3. The lowest BCUT2D eigenvalue weighted by molar-refractivity contribution is 0.455. The molecule has 0 N–H and O–H groups in total. The molecule has 65 heavy (non-hydrogen) atoms. The Balaban J connectivity index is 1.07. The molecule has 1 fully saturated rings. The molecular formula is C63H60N2. The highest BCUT2D eigenvalue weighted by Crippen LogP contribution is 2.54. The molecule has 6 aliphatic carbocycles. The van der Waals surface area contributed by atoms with E-state index in [0.717, 1.165) is 25.7 Å². The van der Waals surface area contributed by atoms with E-state index in [1.807, 2.05) is 0 Å². The van der Waals surface area contributed by atoms with Gasteiger partial charge in [0.1, 0.15) is 0 Å². The Kier molecular flexibility index (Phi) is 11.2. The zero-order valence-corrected chi connectivity index (χ0v) is 38.1. The van der Waals surface area contributed by atoms with E-state index >= 15 is 0 Å². The summed E-state index contributed by atoms with van der Waals surface area (Å²) in [6, 6.07) is 71.5. The summed E-state index contributed by atoms with van der Waals surface area (Å²) in [6.45, 7) is 4.83. The molecule has 0 aromatic heterocycles. The number of para-hydroxylation sites is 2. The van der Waals surface area contributed by atoms with Gasteiger partial charge < -0.3 is 9.80 Å². The van der Waals surface area contributed by atoms with Gasteiger partial charge in [0.25, 0.3) is 0 Å². The number of fused-ring (bicyclic) bond motifs is 3. The molecule has 0 saturated heterocycles. The number of rotatable bonds is 8. The molecule has 0 atom stereocenters. The lowest BCUT2D eigenvalue weighted by atomic mass is 9.81. The van der Waals surface area contributed by atoms with E-state index in [2.05, 4.69) is 212 Å². The number of benzene rings is 8. The fraction of sp³-hybridized carbons (Fsp3) is 0.238. The Hall–Kier alpha value is -6.64. The van der Waals surface area contributed by atoms with Gasteiger partial charge in [0.05, 0.1) is 5.69 Å². The Morgan fingerprint density at radius 2 is 0.908 bits per heavy atom. The molecule has 2 nitrogen and oxygen atoms in total. The first-order chi connectivity index (χ1) is 32.0. The Morgan fingerprint density at radius 3 is 1.52 bits per heavy atom. The SMILES string of the molecule is CC1(C)c2ccccc2-c2cc(-c3ccccc3)c(N(c3ccc(C4CCCCCCC4)cc3)c3cc4ccc3CCc3ccc(c(N(c5ccccc5)c5ccccc5)c3)CC4)cc21. The second-order valence-electron chi connectivity index (χ2n) is 19.4. The first-order valence-corrected chi connectivity index (χ1v) is 24.4. The number of hydrogen-bond donors (Lipinski definition) is 0. The summed E-state index contributed by atoms with van der Waals surface area (Å²) in [4.78, 5) is 5.10. The minimum absolute atomic E-state index is 0.137. The minimum atomic E-state index is -0.137. The fourth-order valence-corrected chi connectivity index (χ4v) is 11.4. The van der Waals surface area contributed by atoms with E-state index in [4.69, 9.17) is 0 Å². The standard InChI is InChI=1S/C63H60N2/c1-63(2)58-28-18-17-27-55(58)57-43-56(49-21-11-6-12-22-49)62(44-59(57)63)65(54-39-37-48(38-40-54)47-19-9-4-3-5-10-20-47)61-42-46-30-34-50-33-29-45(31-35-51(61)36-32-46)41-60(50)64(52-23-13-7-14-24-52)53-25-15-8-16-26-53/h6-8,11-18,21-29,32-33,36-44,47H,3-5,9-10,19-20,30-31,34-35H2,1-2H3. The number of aryl methyl sites for hydroxylation is 4. The van der Waals surface area contributed by atoms with Gasteiger partial charge in [0.2, 0.25) is 0 Å². The molecule has 0 radical (unpaired) electrons. The van der Waals surface area contributed by atoms with E-state index < -0.39 is 0 Å². The average molecular weight is 845 g/mol. The average Bonchev–Trinajstić information content (AvgIpc) is 3.56. The summed E-state index contributed by atoms with van der Waals surface area (Å²) in [5, 5.41) is 0. The third kappa shape index (κ3) is 7.99. The summed E-state index contributed by atoms with van der Waals surface area (Å²) in [5.41, 5.74) is 22.2. The number of anilines is 6. The summed E-state index contributed by atoms with van der Waals surface area (Å²) >= 11 is 0. The van der Waals surface area contributed by atoms with Crippen LogP contribution in [0.4, 0.5) is 34.1 Å². The van der Waals surface area contributed by atoms with Crippen LogP contribution in [0.1, 0.15) is 104 Å². The van der Waals surface area contributed by atoms with Crippen LogP contribution in [0, 0.1) is 0 Å². The second kappa shape index (κ2) is 17.7. The summed E-state index contributed by atoms with van der Waals surface area (Å²) in [6.07, 6.45) is 13.1. The lowest BCUT2D eigenvalue weighted by Crippen LogP contribution is -2.18. The van der Waals surface area contributed by atoms with Crippen molar-refractivity contribution in [3.63, 3.8) is 0 Å². The highest BCUT2D eigenvalue weighted by molar-refractivity contribution is 5.95. The highest BCUT2D eigenvalue weighted by Gasteiger charge is 2.37. The van der Waals surface area contributed by atoms with Gasteiger partial charge in [-0.05, 0) is 161 Å². The van der Waals surface area contributed by atoms with Gasteiger partial charge in [-0.2, -0.15) is 0 Å². The van der Waals surface area contributed by atoms with Gasteiger partial charge in [0.15, 0.2) is 0 Å². The predicted molar refractivity (Wildman–Crippen MR) is 275 cm³/mol. The van der Waals surface area contributed by atoms with Crippen molar-refractivity contribution < 1.29 is 0 Å². The van der Waals surface area contributed by atoms with E-state index in [1.165, 1.54) is 140 Å². The monoisotopic (exact) mass is 844 g/mol. The molecule has 2 heteroatoms. The molecule has 8 aromatic rings. The second-order valence-corrected chi connectivity index (χ2v) is 19.4. The quantitative estimate of drug-likeness (QED) is 0.150. The Morgan fingerprint density at radius 1 is 0.385 bits per heavy atom. The van der Waals surface area contributed by atoms with Crippen LogP contribution >= 0.6 is 0 Å². The third-order valence-electron chi connectivity index (χ3n) is 14.9. The normalized spacial score (nSPS) is 15.5. The molecule has 6 aliphatic rings. The molecule has 0 amide bonds. The van der Waals surface area contributed by atoms with Crippen LogP contribution < -0.4 is 9.80 Å². The molecule has 1 saturated carbocycles. The molecule has 4 bridgehead atoms. The van der Waals surface area contributed by atoms with Gasteiger partial charge in [-0.25, -0.2) is 0 Å². The van der Waals surface area contributed by atoms with Crippen LogP contribution in [0.3, 0.4) is 0 Å². The zero-order chi connectivity index (χ0) is 43.7. The van der Waals surface area contributed by atoms with Crippen molar-refractivity contribution >= 4 is 34.1 Å².